The predicted molar refractivity (Wildman–Crippen MR) is 117 cm³/mol. The number of amides is 1. The van der Waals surface area contributed by atoms with Crippen molar-refractivity contribution in [1.82, 2.24) is 30.1 Å². The summed E-state index contributed by atoms with van der Waals surface area (Å²) in [4.78, 5) is 15.6. The lowest BCUT2D eigenvalue weighted by Crippen LogP contribution is -2.48. The van der Waals surface area contributed by atoms with Crippen molar-refractivity contribution in [3.63, 3.8) is 0 Å². The molecule has 0 radical (unpaired) electrons. The molecule has 3 heterocycles. The molecule has 0 bridgehead atoms. The molecule has 158 valence electrons. The largest absolute Gasteiger partial charge is 0.372 e. The molecular weight excluding hydrogens is 392 g/mol. The van der Waals surface area contributed by atoms with Gasteiger partial charge in [0.15, 0.2) is 5.69 Å². The molecule has 2 atom stereocenters. The van der Waals surface area contributed by atoms with Crippen LogP contribution in [0.3, 0.4) is 0 Å². The molecule has 8 heteroatoms. The molecule has 1 amide bonds. The van der Waals surface area contributed by atoms with E-state index in [1.165, 1.54) is 0 Å². The minimum Gasteiger partial charge on any atom is -0.372 e. The highest BCUT2D eigenvalue weighted by Gasteiger charge is 2.31. The number of ether oxygens (including phenoxy) is 1. The Kier molecular flexibility index (Phi) is 4.99. The van der Waals surface area contributed by atoms with Gasteiger partial charge in [-0.15, -0.1) is 5.10 Å². The van der Waals surface area contributed by atoms with Gasteiger partial charge in [-0.1, -0.05) is 41.6 Å². The zero-order valence-corrected chi connectivity index (χ0v) is 17.5. The highest BCUT2D eigenvalue weighted by Crippen LogP contribution is 2.27. The van der Waals surface area contributed by atoms with Crippen molar-refractivity contribution in [2.24, 2.45) is 0 Å². The number of hydrogen-bond acceptors (Lipinski definition) is 5. The number of rotatable bonds is 4. The third-order valence-electron chi connectivity index (χ3n) is 5.53. The molecule has 2 unspecified atom stereocenters. The van der Waals surface area contributed by atoms with Crippen LogP contribution in [0, 0.1) is 0 Å². The summed E-state index contributed by atoms with van der Waals surface area (Å²) in [6, 6.07) is 15.8. The molecule has 1 N–H and O–H groups in total. The highest BCUT2D eigenvalue weighted by molar-refractivity contribution is 5.99. The maximum Gasteiger partial charge on any atom is 0.274 e. The van der Waals surface area contributed by atoms with Crippen LogP contribution in [0.1, 0.15) is 29.9 Å². The van der Waals surface area contributed by atoms with E-state index in [9.17, 15) is 4.79 Å². The van der Waals surface area contributed by atoms with E-state index < -0.39 is 0 Å². The summed E-state index contributed by atoms with van der Waals surface area (Å²) >= 11 is 0. The Morgan fingerprint density at radius 3 is 2.68 bits per heavy atom. The summed E-state index contributed by atoms with van der Waals surface area (Å²) in [5.74, 6) is -0.0785. The van der Waals surface area contributed by atoms with Crippen molar-refractivity contribution >= 4 is 16.8 Å². The van der Waals surface area contributed by atoms with E-state index in [1.807, 2.05) is 67.3 Å². The van der Waals surface area contributed by atoms with Crippen molar-refractivity contribution < 1.29 is 9.53 Å². The number of hydrogen-bond donors (Lipinski definition) is 1. The van der Waals surface area contributed by atoms with Gasteiger partial charge in [-0.3, -0.25) is 9.89 Å². The summed E-state index contributed by atoms with van der Waals surface area (Å²) < 4.78 is 7.53. The van der Waals surface area contributed by atoms with E-state index in [0.29, 0.717) is 31.0 Å². The van der Waals surface area contributed by atoms with E-state index in [4.69, 9.17) is 4.74 Å². The number of nitrogens with zero attached hydrogens (tertiary/aromatic N) is 5. The van der Waals surface area contributed by atoms with Crippen LogP contribution in [0.5, 0.6) is 0 Å². The van der Waals surface area contributed by atoms with Gasteiger partial charge in [0.1, 0.15) is 5.69 Å². The van der Waals surface area contributed by atoms with E-state index in [2.05, 4.69) is 20.5 Å². The van der Waals surface area contributed by atoms with Crippen LogP contribution < -0.4 is 0 Å². The maximum atomic E-state index is 13.7. The first-order chi connectivity index (χ1) is 15.1. The molecule has 1 aliphatic rings. The molecule has 5 rings (SSSR count). The fourth-order valence-electron chi connectivity index (χ4n) is 4.17. The van der Waals surface area contributed by atoms with Gasteiger partial charge in [-0.2, -0.15) is 5.10 Å². The van der Waals surface area contributed by atoms with E-state index in [1.54, 1.807) is 10.9 Å². The molecule has 1 fully saturated rings. The monoisotopic (exact) mass is 416 g/mol. The molecule has 0 saturated carbocycles. The molecule has 31 heavy (non-hydrogen) atoms. The van der Waals surface area contributed by atoms with Gasteiger partial charge in [-0.05, 0) is 31.5 Å². The Morgan fingerprint density at radius 2 is 1.90 bits per heavy atom. The molecule has 0 spiro atoms. The van der Waals surface area contributed by atoms with Crippen LogP contribution >= 0.6 is 0 Å². The summed E-state index contributed by atoms with van der Waals surface area (Å²) in [7, 11) is 0. The van der Waals surface area contributed by atoms with Crippen molar-refractivity contribution in [3.05, 3.63) is 66.0 Å². The van der Waals surface area contributed by atoms with Crippen LogP contribution in [-0.2, 0) is 11.3 Å². The number of H-pyrrole nitrogens is 1. The second-order valence-electron chi connectivity index (χ2n) is 8.07. The van der Waals surface area contributed by atoms with Crippen LogP contribution in [0.25, 0.3) is 22.2 Å². The normalized spacial score (nSPS) is 19.1. The SMILES string of the molecule is CC1CN(C(=O)c2c(-c3ccc4[nH]ncc4c3)nnn2Cc2ccccc2)CC(C)O1. The third kappa shape index (κ3) is 3.82. The Labute approximate surface area is 179 Å². The zero-order chi connectivity index (χ0) is 21.4. The minimum absolute atomic E-state index is 0.0168. The Balaban J connectivity index is 1.58. The molecule has 2 aromatic heterocycles. The second kappa shape index (κ2) is 7.96. The van der Waals surface area contributed by atoms with Gasteiger partial charge in [-0.25, -0.2) is 4.68 Å². The molecule has 4 aromatic rings. The number of benzene rings is 2. The maximum absolute atomic E-state index is 13.7. The topological polar surface area (TPSA) is 88.9 Å². The molecular formula is C23H24N6O2. The predicted octanol–water partition coefficient (Wildman–Crippen LogP) is 3.12. The van der Waals surface area contributed by atoms with Crippen LogP contribution in [0.15, 0.2) is 54.7 Å². The van der Waals surface area contributed by atoms with Crippen LogP contribution in [-0.4, -0.2) is 61.3 Å². The fraction of sp³-hybridized carbons (Fsp3) is 0.304. The van der Waals surface area contributed by atoms with Crippen LogP contribution in [0.2, 0.25) is 0 Å². The molecule has 1 aliphatic heterocycles. The number of nitrogens with one attached hydrogen (secondary N) is 1. The lowest BCUT2D eigenvalue weighted by atomic mass is 10.1. The smallest absolute Gasteiger partial charge is 0.274 e. The van der Waals surface area contributed by atoms with E-state index >= 15 is 0 Å². The fourth-order valence-corrected chi connectivity index (χ4v) is 4.17. The number of aromatic nitrogens is 5. The third-order valence-corrected chi connectivity index (χ3v) is 5.53. The number of morpholine rings is 1. The lowest BCUT2D eigenvalue weighted by molar-refractivity contribution is -0.0588. The summed E-state index contributed by atoms with van der Waals surface area (Å²) in [6.45, 7) is 5.53. The summed E-state index contributed by atoms with van der Waals surface area (Å²) in [6.07, 6.45) is 1.73. The second-order valence-corrected chi connectivity index (χ2v) is 8.07. The standard InChI is InChI=1S/C23H24N6O2/c1-15-12-28(13-16(2)31-15)23(30)22-21(18-8-9-20-19(10-18)11-24-25-20)26-27-29(22)14-17-6-4-3-5-7-17/h3-11,15-16H,12-14H2,1-2H3,(H,24,25). The van der Waals surface area contributed by atoms with Gasteiger partial charge in [0.05, 0.1) is 30.5 Å². The molecule has 1 saturated heterocycles. The summed E-state index contributed by atoms with van der Waals surface area (Å²) in [5.41, 5.74) is 3.90. The van der Waals surface area contributed by atoms with Gasteiger partial charge in [0.2, 0.25) is 0 Å². The Bertz CT molecular complexity index is 1210. The van der Waals surface area contributed by atoms with Gasteiger partial charge >= 0.3 is 0 Å². The number of carbonyl (C=O) groups excluding carboxylic acids is 1. The quantitative estimate of drug-likeness (QED) is 0.552. The minimum atomic E-state index is -0.0785. The van der Waals surface area contributed by atoms with Gasteiger partial charge < -0.3 is 9.64 Å². The number of aromatic amines is 1. The molecule has 8 nitrogen and oxygen atoms in total. The van der Waals surface area contributed by atoms with Crippen molar-refractivity contribution in [2.75, 3.05) is 13.1 Å². The average Bonchev–Trinajstić information content (AvgIpc) is 3.39. The number of carbonyl (C=O) groups is 1. The molecule has 0 aliphatic carbocycles. The summed E-state index contributed by atoms with van der Waals surface area (Å²) in [5, 5.41) is 16.8. The van der Waals surface area contributed by atoms with E-state index in [-0.39, 0.29) is 18.1 Å². The zero-order valence-electron chi connectivity index (χ0n) is 17.5. The first-order valence-electron chi connectivity index (χ1n) is 10.4. The Morgan fingerprint density at radius 1 is 1.13 bits per heavy atom. The van der Waals surface area contributed by atoms with Crippen molar-refractivity contribution in [3.8, 4) is 11.3 Å². The lowest BCUT2D eigenvalue weighted by Gasteiger charge is -2.35. The first-order valence-corrected chi connectivity index (χ1v) is 10.4. The van der Waals surface area contributed by atoms with Gasteiger partial charge in [0.25, 0.3) is 5.91 Å². The van der Waals surface area contributed by atoms with E-state index in [0.717, 1.165) is 22.0 Å². The Hall–Kier alpha value is -3.52. The average molecular weight is 416 g/mol. The van der Waals surface area contributed by atoms with Crippen molar-refractivity contribution in [1.29, 1.82) is 0 Å². The highest BCUT2D eigenvalue weighted by atomic mass is 16.5. The number of fused-ring (bicyclic) bond motifs is 1. The molecule has 2 aromatic carbocycles. The first kappa shape index (κ1) is 19.4. The van der Waals surface area contributed by atoms with Crippen molar-refractivity contribution in [2.45, 2.75) is 32.6 Å². The van der Waals surface area contributed by atoms with Gasteiger partial charge in [0, 0.05) is 24.0 Å². The van der Waals surface area contributed by atoms with Crippen LogP contribution in [0.4, 0.5) is 0 Å².